The first-order valence-electron chi connectivity index (χ1n) is 25.4. The maximum absolute atomic E-state index is 12.7. The first kappa shape index (κ1) is 65.5. The second-order valence-corrected chi connectivity index (χ2v) is 24.2. The molecular weight excluding hydrogens is 1050 g/mol. The fraction of sp³-hybridized carbons (Fsp3) is 0.800. The molecule has 0 aromatic carbocycles. The number of phosphoric ester groups is 3. The Bertz CT molecular complexity index is 2190. The summed E-state index contributed by atoms with van der Waals surface area (Å²) in [5.41, 5.74) is 4.06. The van der Waals surface area contributed by atoms with Crippen molar-refractivity contribution < 1.29 is 85.3 Å². The molecule has 0 aliphatic carbocycles. The number of Topliss-reactive ketones (excluding diaryl/α,β-unsaturated/α-hetero) is 1. The highest BCUT2D eigenvalue weighted by atomic mass is 32.2. The number of aliphatic hydroxyl groups excluding tert-OH is 2. The van der Waals surface area contributed by atoms with Crippen LogP contribution in [0.25, 0.3) is 11.2 Å². The third kappa shape index (κ3) is 25.6. The van der Waals surface area contributed by atoms with Crippen molar-refractivity contribution >= 4 is 74.9 Å². The Morgan fingerprint density at radius 3 is 1.93 bits per heavy atom. The van der Waals surface area contributed by atoms with Crippen LogP contribution in [0.1, 0.15) is 168 Å². The number of nitrogens with zero attached hydrogens (tertiary/aromatic N) is 4. The molecule has 0 radical (unpaired) electrons. The molecule has 1 fully saturated rings. The zero-order chi connectivity index (χ0) is 54.8. The minimum absolute atomic E-state index is 0.0248. The predicted octanol–water partition coefficient (Wildman–Crippen LogP) is 3.92. The van der Waals surface area contributed by atoms with Crippen LogP contribution >= 0.6 is 35.2 Å². The molecule has 2 aromatic rings. The lowest BCUT2D eigenvalue weighted by molar-refractivity contribution is -0.347. The van der Waals surface area contributed by atoms with Crippen LogP contribution in [0.5, 0.6) is 0 Å². The topological polar surface area (TPSA) is 392 Å². The average molecular weight is 1130 g/mol. The summed E-state index contributed by atoms with van der Waals surface area (Å²) in [5.74, 6) is -1.50. The number of nitrogens with two attached hydrogens (primary N) is 1. The molecule has 424 valence electrons. The number of aromatic nitrogens is 4. The number of fused-ring (bicyclic) bond motifs is 1. The van der Waals surface area contributed by atoms with Gasteiger partial charge in [-0.15, -0.1) is 0 Å². The molecule has 0 spiro atoms. The van der Waals surface area contributed by atoms with E-state index in [9.17, 15) is 62.7 Å². The van der Waals surface area contributed by atoms with E-state index in [1.165, 1.54) is 110 Å². The van der Waals surface area contributed by atoms with E-state index in [2.05, 4.69) is 50.4 Å². The number of imidazole rings is 1. The van der Waals surface area contributed by atoms with Crippen molar-refractivity contribution in [2.75, 3.05) is 37.8 Å². The normalized spacial score (nSPS) is 19.3. The molecule has 7 atom stereocenters. The zero-order valence-electron chi connectivity index (χ0n) is 42.7. The van der Waals surface area contributed by atoms with Crippen molar-refractivity contribution in [1.82, 2.24) is 30.2 Å². The van der Waals surface area contributed by atoms with E-state index < -0.39 is 84.6 Å². The number of ketones is 1. The van der Waals surface area contributed by atoms with E-state index in [1.54, 1.807) is 0 Å². The summed E-state index contributed by atoms with van der Waals surface area (Å²) >= 11 is 0.933. The molecule has 1 saturated heterocycles. The maximum Gasteiger partial charge on any atom is 0.274 e. The van der Waals surface area contributed by atoms with Crippen molar-refractivity contribution in [3.05, 3.63) is 12.7 Å². The number of hydrogen-bond donors (Lipinski definition) is 5. The molecule has 6 N–H and O–H groups in total. The number of nitrogen functional groups attached to an aromatic ring is 1. The Hall–Kier alpha value is -2.77. The highest BCUT2D eigenvalue weighted by Gasteiger charge is 2.47. The fourth-order valence-electron chi connectivity index (χ4n) is 7.97. The minimum Gasteiger partial charge on any atom is -0.790 e. The van der Waals surface area contributed by atoms with Gasteiger partial charge in [-0.1, -0.05) is 148 Å². The van der Waals surface area contributed by atoms with Crippen LogP contribution in [0.2, 0.25) is 0 Å². The van der Waals surface area contributed by atoms with Gasteiger partial charge in [-0.25, -0.2) is 19.3 Å². The number of nitrogens with one attached hydrogen (secondary N) is 2. The van der Waals surface area contributed by atoms with Crippen LogP contribution in [0.4, 0.5) is 5.82 Å². The van der Waals surface area contributed by atoms with Gasteiger partial charge >= 0.3 is 0 Å². The van der Waals surface area contributed by atoms with Crippen LogP contribution in [0.15, 0.2) is 12.7 Å². The van der Waals surface area contributed by atoms with Gasteiger partial charge in [0.05, 0.1) is 33.8 Å². The van der Waals surface area contributed by atoms with E-state index in [4.69, 9.17) is 10.5 Å². The van der Waals surface area contributed by atoms with Gasteiger partial charge in [0.1, 0.15) is 42.0 Å². The number of rotatable bonds is 41. The standard InChI is InChI=1S/C45H80N7O18P3S/c1-4-5-6-7-8-9-10-11-12-13-14-15-16-17-18-19-20-21-22-23-33(53)28-36(55)74-27-26-47-35(54)24-25-48-43(58)40(57)45(2,3)30-67-73(64,65)70-72(62,63)66-29-34-39(69-71(59,60)61)38(56)44(68-34)52-32-51-37-41(46)49-31-50-42(37)52/h31-32,34,38-40,44,56-57H,4-30H2,1-3H3,(H,47,54)(H,48,58)(H,62,63)(H,64,65)(H2,46,49,50)(H2,59,60,61)/p-4/t34-,38-,39-,40+,44-/m1/s1. The Morgan fingerprint density at radius 1 is 0.811 bits per heavy atom. The third-order valence-electron chi connectivity index (χ3n) is 12.1. The van der Waals surface area contributed by atoms with Crippen molar-refractivity contribution in [1.29, 1.82) is 0 Å². The number of hydrogen-bond acceptors (Lipinski definition) is 23. The lowest BCUT2D eigenvalue weighted by Crippen LogP contribution is -2.46. The van der Waals surface area contributed by atoms with Crippen LogP contribution in [0, 0.1) is 5.41 Å². The second-order valence-electron chi connectivity index (χ2n) is 19.0. The minimum atomic E-state index is -5.94. The van der Waals surface area contributed by atoms with Gasteiger partial charge in [0.2, 0.25) is 11.8 Å². The molecule has 29 heteroatoms. The van der Waals surface area contributed by atoms with Gasteiger partial charge in [-0.2, -0.15) is 0 Å². The number of anilines is 1. The Kier molecular flexibility index (Phi) is 29.7. The third-order valence-corrected chi connectivity index (χ3v) is 16.0. The van der Waals surface area contributed by atoms with E-state index in [0.717, 1.165) is 54.7 Å². The van der Waals surface area contributed by atoms with Gasteiger partial charge in [0.25, 0.3) is 15.6 Å². The SMILES string of the molecule is CCCCCCCCCCCCCCCCCCCCCC(=O)CC(=O)SCCNC(=O)CCNC(=O)[C@H](O)C(C)(C)COP(=O)([O-])OP(=O)([O-])OC[C@H]1O[C@@H](n2cnc3c(N)ncnc32)[C@H](O)[C@@H]1OP(=O)([O-])[O-]. The Labute approximate surface area is 437 Å². The number of aliphatic hydroxyl groups is 2. The molecule has 2 aromatic heterocycles. The van der Waals surface area contributed by atoms with Crippen molar-refractivity contribution in [2.24, 2.45) is 5.41 Å². The molecule has 0 saturated carbocycles. The lowest BCUT2D eigenvalue weighted by atomic mass is 9.87. The molecule has 74 heavy (non-hydrogen) atoms. The fourth-order valence-corrected chi connectivity index (χ4v) is 11.4. The van der Waals surface area contributed by atoms with Crippen LogP contribution in [-0.2, 0) is 55.5 Å². The molecule has 1 aliphatic heterocycles. The number of amides is 2. The monoisotopic (exact) mass is 1130 g/mol. The number of thioether (sulfide) groups is 1. The molecule has 3 heterocycles. The second kappa shape index (κ2) is 33.5. The highest BCUT2D eigenvalue weighted by Crippen LogP contribution is 2.56. The van der Waals surface area contributed by atoms with Gasteiger partial charge in [0.15, 0.2) is 22.8 Å². The summed E-state index contributed by atoms with van der Waals surface area (Å²) < 4.78 is 60.9. The number of unbranched alkanes of at least 4 members (excludes halogenated alkanes) is 18. The largest absolute Gasteiger partial charge is 0.790 e. The lowest BCUT2D eigenvalue weighted by Gasteiger charge is -2.36. The predicted molar refractivity (Wildman–Crippen MR) is 266 cm³/mol. The van der Waals surface area contributed by atoms with Gasteiger partial charge < -0.3 is 69.0 Å². The summed E-state index contributed by atoms with van der Waals surface area (Å²) in [6.07, 6.45) is 16.5. The van der Waals surface area contributed by atoms with E-state index >= 15 is 0 Å². The first-order chi connectivity index (χ1) is 34.9. The van der Waals surface area contributed by atoms with E-state index in [0.29, 0.717) is 6.42 Å². The quantitative estimate of drug-likeness (QED) is 0.0358. The summed E-state index contributed by atoms with van der Waals surface area (Å²) in [5, 5.41) is 26.1. The van der Waals surface area contributed by atoms with Gasteiger partial charge in [-0.3, -0.25) is 32.9 Å². The number of carbonyl (C=O) groups is 4. The molecule has 2 unspecified atom stereocenters. The average Bonchev–Trinajstić information content (AvgIpc) is 3.89. The van der Waals surface area contributed by atoms with Crippen molar-refractivity contribution in [2.45, 2.75) is 193 Å². The molecule has 1 aliphatic rings. The van der Waals surface area contributed by atoms with Crippen LogP contribution < -0.4 is 35.9 Å². The smallest absolute Gasteiger partial charge is 0.274 e. The van der Waals surface area contributed by atoms with Gasteiger partial charge in [0, 0.05) is 37.1 Å². The van der Waals surface area contributed by atoms with Crippen molar-refractivity contribution in [3.63, 3.8) is 0 Å². The van der Waals surface area contributed by atoms with E-state index in [-0.39, 0.29) is 59.6 Å². The van der Waals surface area contributed by atoms with Crippen LogP contribution in [0.3, 0.4) is 0 Å². The highest BCUT2D eigenvalue weighted by molar-refractivity contribution is 8.13. The summed E-state index contributed by atoms with van der Waals surface area (Å²) in [4.78, 5) is 109. The number of carbonyl (C=O) groups excluding carboxylic acids is 4. The molecule has 25 nitrogen and oxygen atoms in total. The first-order valence-corrected chi connectivity index (χ1v) is 30.8. The van der Waals surface area contributed by atoms with Gasteiger partial charge in [-0.05, 0) is 6.42 Å². The van der Waals surface area contributed by atoms with Crippen LogP contribution in [-0.4, -0.2) is 109 Å². The zero-order valence-corrected chi connectivity index (χ0v) is 46.2. The Morgan fingerprint density at radius 2 is 1.36 bits per heavy atom. The molecule has 2 amide bonds. The molecular formula is C45H76N7O18P3S-4. The Balaban J connectivity index is 1.24. The number of ether oxygens (including phenoxy) is 1. The molecule has 3 rings (SSSR count). The summed E-state index contributed by atoms with van der Waals surface area (Å²) in [6.45, 7) is 2.21. The van der Waals surface area contributed by atoms with E-state index in [1.807, 2.05) is 0 Å². The maximum atomic E-state index is 12.7. The number of phosphoric acid groups is 3. The molecule has 0 bridgehead atoms. The van der Waals surface area contributed by atoms with Crippen molar-refractivity contribution in [3.8, 4) is 0 Å². The summed E-state index contributed by atoms with van der Waals surface area (Å²) in [6, 6.07) is 0. The summed E-state index contributed by atoms with van der Waals surface area (Å²) in [7, 11) is -17.7.